The molecule has 0 radical (unpaired) electrons. The highest BCUT2D eigenvalue weighted by Crippen LogP contribution is 2.22. The fraction of sp³-hybridized carbons (Fsp3) is 0.167. The molecule has 1 amide bonds. The van der Waals surface area contributed by atoms with Crippen LogP contribution in [-0.4, -0.2) is 15.7 Å². The second-order valence-electron chi connectivity index (χ2n) is 3.99. The largest absolute Gasteiger partial charge is 0.384 e. The van der Waals surface area contributed by atoms with Crippen LogP contribution in [0.2, 0.25) is 0 Å². The van der Waals surface area contributed by atoms with Crippen molar-refractivity contribution in [3.05, 3.63) is 44.5 Å². The number of hydrogen-bond acceptors (Lipinski definition) is 3. The van der Waals surface area contributed by atoms with E-state index >= 15 is 0 Å². The van der Waals surface area contributed by atoms with Gasteiger partial charge in [0.1, 0.15) is 5.82 Å². The number of rotatable bonds is 3. The molecule has 1 aromatic carbocycles. The molecule has 1 heterocycles. The Balaban J connectivity index is 2.07. The highest BCUT2D eigenvalue weighted by atomic mass is 79.9. The average Bonchev–Trinajstić information content (AvgIpc) is 2.67. The van der Waals surface area contributed by atoms with Crippen molar-refractivity contribution in [3.63, 3.8) is 0 Å². The van der Waals surface area contributed by atoms with Gasteiger partial charge in [-0.05, 0) is 34.1 Å². The van der Waals surface area contributed by atoms with E-state index in [1.807, 2.05) is 12.1 Å². The summed E-state index contributed by atoms with van der Waals surface area (Å²) >= 11 is 6.70. The fourth-order valence-electron chi connectivity index (χ4n) is 1.57. The Kier molecular flexibility index (Phi) is 4.26. The Hall–Kier alpha value is -1.34. The first-order valence-electron chi connectivity index (χ1n) is 5.48. The highest BCUT2D eigenvalue weighted by Gasteiger charge is 2.11. The number of carbonyl (C=O) groups is 1. The van der Waals surface area contributed by atoms with Crippen molar-refractivity contribution < 1.29 is 4.79 Å². The van der Waals surface area contributed by atoms with Gasteiger partial charge < -0.3 is 11.1 Å². The summed E-state index contributed by atoms with van der Waals surface area (Å²) in [7, 11) is 1.76. The number of anilines is 1. The van der Waals surface area contributed by atoms with Gasteiger partial charge in [0.2, 0.25) is 0 Å². The summed E-state index contributed by atoms with van der Waals surface area (Å²) < 4.78 is 3.21. The molecule has 7 heteroatoms. The Morgan fingerprint density at radius 1 is 1.47 bits per heavy atom. The molecular weight excluding hydrogens is 376 g/mol. The van der Waals surface area contributed by atoms with Gasteiger partial charge in [-0.25, -0.2) is 0 Å². The summed E-state index contributed by atoms with van der Waals surface area (Å²) in [4.78, 5) is 12.0. The summed E-state index contributed by atoms with van der Waals surface area (Å²) in [6.07, 6.45) is 1.65. The summed E-state index contributed by atoms with van der Waals surface area (Å²) in [5.74, 6) is 0.387. The van der Waals surface area contributed by atoms with Crippen molar-refractivity contribution in [2.24, 2.45) is 7.05 Å². The third-order valence-electron chi connectivity index (χ3n) is 2.68. The molecule has 3 N–H and O–H groups in total. The number of nitrogens with zero attached hydrogens (tertiary/aromatic N) is 2. The number of aromatic nitrogens is 2. The molecule has 0 spiro atoms. The maximum absolute atomic E-state index is 12.0. The van der Waals surface area contributed by atoms with Crippen molar-refractivity contribution in [1.82, 2.24) is 15.1 Å². The van der Waals surface area contributed by atoms with E-state index in [1.165, 1.54) is 0 Å². The zero-order chi connectivity index (χ0) is 14.0. The molecule has 2 rings (SSSR count). The minimum absolute atomic E-state index is 0.164. The first kappa shape index (κ1) is 14.1. The summed E-state index contributed by atoms with van der Waals surface area (Å²) in [6.45, 7) is 0.348. The van der Waals surface area contributed by atoms with E-state index in [-0.39, 0.29) is 5.91 Å². The number of amides is 1. The van der Waals surface area contributed by atoms with E-state index < -0.39 is 0 Å². The van der Waals surface area contributed by atoms with Gasteiger partial charge in [-0.1, -0.05) is 15.9 Å². The summed E-state index contributed by atoms with van der Waals surface area (Å²) in [5, 5.41) is 6.83. The van der Waals surface area contributed by atoms with Gasteiger partial charge in [-0.15, -0.1) is 0 Å². The second kappa shape index (κ2) is 5.75. The molecule has 0 unspecified atom stereocenters. The highest BCUT2D eigenvalue weighted by molar-refractivity contribution is 9.11. The lowest BCUT2D eigenvalue weighted by molar-refractivity contribution is 0.0950. The van der Waals surface area contributed by atoms with Crippen LogP contribution in [-0.2, 0) is 13.6 Å². The van der Waals surface area contributed by atoms with Crippen molar-refractivity contribution in [2.45, 2.75) is 6.54 Å². The number of nitrogen functional groups attached to an aromatic ring is 1. The standard InChI is InChI=1S/C12H12Br2N4O/c1-18-11(15)7(6-17-18)5-16-12(19)9-3-2-8(13)4-10(9)14/h2-4,6H,5,15H2,1H3,(H,16,19). The van der Waals surface area contributed by atoms with Crippen LogP contribution < -0.4 is 11.1 Å². The minimum atomic E-state index is -0.164. The zero-order valence-electron chi connectivity index (χ0n) is 10.2. The molecule has 0 aliphatic rings. The van der Waals surface area contributed by atoms with Crippen LogP contribution in [0.15, 0.2) is 33.3 Å². The topological polar surface area (TPSA) is 72.9 Å². The lowest BCUT2D eigenvalue weighted by Gasteiger charge is -2.07. The predicted molar refractivity (Wildman–Crippen MR) is 80.6 cm³/mol. The molecule has 100 valence electrons. The van der Waals surface area contributed by atoms with Crippen molar-refractivity contribution in [1.29, 1.82) is 0 Å². The van der Waals surface area contributed by atoms with Crippen LogP contribution in [0.25, 0.3) is 0 Å². The molecule has 19 heavy (non-hydrogen) atoms. The first-order valence-corrected chi connectivity index (χ1v) is 7.07. The van der Waals surface area contributed by atoms with E-state index in [9.17, 15) is 4.79 Å². The Morgan fingerprint density at radius 3 is 2.79 bits per heavy atom. The predicted octanol–water partition coefficient (Wildman–Crippen LogP) is 2.46. The van der Waals surface area contributed by atoms with E-state index in [0.717, 1.165) is 14.5 Å². The molecule has 0 bridgehead atoms. The van der Waals surface area contributed by atoms with Gasteiger partial charge in [0, 0.05) is 28.1 Å². The van der Waals surface area contributed by atoms with Crippen molar-refractivity contribution in [3.8, 4) is 0 Å². The van der Waals surface area contributed by atoms with Crippen molar-refractivity contribution in [2.75, 3.05) is 5.73 Å². The molecule has 1 aromatic heterocycles. The average molecular weight is 388 g/mol. The third-order valence-corrected chi connectivity index (χ3v) is 3.83. The number of benzene rings is 1. The van der Waals surface area contributed by atoms with Crippen LogP contribution in [0, 0.1) is 0 Å². The maximum atomic E-state index is 12.0. The first-order chi connectivity index (χ1) is 8.99. The smallest absolute Gasteiger partial charge is 0.252 e. The van der Waals surface area contributed by atoms with Crippen LogP contribution in [0.5, 0.6) is 0 Å². The van der Waals surface area contributed by atoms with Gasteiger partial charge in [-0.2, -0.15) is 5.10 Å². The van der Waals surface area contributed by atoms with E-state index in [0.29, 0.717) is 17.9 Å². The number of hydrogen-bond donors (Lipinski definition) is 2. The Bertz CT molecular complexity index is 624. The number of aryl methyl sites for hydroxylation is 1. The van der Waals surface area contributed by atoms with Gasteiger partial charge >= 0.3 is 0 Å². The van der Waals surface area contributed by atoms with Crippen LogP contribution in [0.4, 0.5) is 5.82 Å². The molecule has 5 nitrogen and oxygen atoms in total. The number of carbonyl (C=O) groups excluding carboxylic acids is 1. The molecule has 2 aromatic rings. The van der Waals surface area contributed by atoms with Gasteiger partial charge in [0.05, 0.1) is 11.8 Å². The Morgan fingerprint density at radius 2 is 2.21 bits per heavy atom. The van der Waals surface area contributed by atoms with Gasteiger partial charge in [0.25, 0.3) is 5.91 Å². The number of nitrogens with one attached hydrogen (secondary N) is 1. The molecule has 0 aliphatic heterocycles. The maximum Gasteiger partial charge on any atom is 0.252 e. The summed E-state index contributed by atoms with van der Waals surface area (Å²) in [5.41, 5.74) is 7.18. The van der Waals surface area contributed by atoms with Crippen molar-refractivity contribution >= 4 is 43.6 Å². The quantitative estimate of drug-likeness (QED) is 0.849. The Labute approximate surface area is 127 Å². The lowest BCUT2D eigenvalue weighted by atomic mass is 10.2. The second-order valence-corrected chi connectivity index (χ2v) is 5.76. The third kappa shape index (κ3) is 3.16. The summed E-state index contributed by atoms with van der Waals surface area (Å²) in [6, 6.07) is 5.39. The van der Waals surface area contributed by atoms with Crippen LogP contribution >= 0.6 is 31.9 Å². The van der Waals surface area contributed by atoms with E-state index in [1.54, 1.807) is 24.0 Å². The molecule has 0 saturated heterocycles. The minimum Gasteiger partial charge on any atom is -0.384 e. The molecule has 0 fully saturated rings. The van der Waals surface area contributed by atoms with Gasteiger partial charge in [0.15, 0.2) is 0 Å². The molecule has 0 atom stereocenters. The molecular formula is C12H12Br2N4O. The molecule has 0 aliphatic carbocycles. The lowest BCUT2D eigenvalue weighted by Crippen LogP contribution is -2.23. The fourth-order valence-corrected chi connectivity index (χ4v) is 2.80. The number of halogens is 2. The van der Waals surface area contributed by atoms with Gasteiger partial charge in [-0.3, -0.25) is 9.48 Å². The van der Waals surface area contributed by atoms with E-state index in [2.05, 4.69) is 42.3 Å². The molecule has 0 saturated carbocycles. The SMILES string of the molecule is Cn1ncc(CNC(=O)c2ccc(Br)cc2Br)c1N. The monoisotopic (exact) mass is 386 g/mol. The number of nitrogens with two attached hydrogens (primary N) is 1. The normalized spacial score (nSPS) is 10.5. The zero-order valence-corrected chi connectivity index (χ0v) is 13.3. The van der Waals surface area contributed by atoms with Crippen LogP contribution in [0.1, 0.15) is 15.9 Å². The van der Waals surface area contributed by atoms with E-state index in [4.69, 9.17) is 5.73 Å². The van der Waals surface area contributed by atoms with Crippen LogP contribution in [0.3, 0.4) is 0 Å².